The molecular formula is C38H54N8O5. The summed E-state index contributed by atoms with van der Waals surface area (Å²) in [6.07, 6.45) is 5.92. The molecule has 51 heavy (non-hydrogen) atoms. The van der Waals surface area contributed by atoms with Crippen molar-refractivity contribution < 1.29 is 24.1 Å². The molecule has 2 aromatic heterocycles. The Bertz CT molecular complexity index is 1580. The minimum atomic E-state index is -0.443. The van der Waals surface area contributed by atoms with E-state index in [9.17, 15) is 9.90 Å². The number of benzene rings is 1. The van der Waals surface area contributed by atoms with Crippen molar-refractivity contribution in [2.24, 2.45) is 0 Å². The number of carbonyl (C=O) groups excluding carboxylic acids is 1. The molecule has 0 amide bonds. The first-order chi connectivity index (χ1) is 24.6. The van der Waals surface area contributed by atoms with Gasteiger partial charge in [0.1, 0.15) is 11.4 Å². The Morgan fingerprint density at radius 3 is 2.35 bits per heavy atom. The molecule has 3 aliphatic rings. The van der Waals surface area contributed by atoms with Crippen LogP contribution in [0.2, 0.25) is 0 Å². The van der Waals surface area contributed by atoms with Crippen LogP contribution in [0, 0.1) is 0 Å². The number of ether oxygens (including phenoxy) is 3. The highest BCUT2D eigenvalue weighted by Gasteiger charge is 2.41. The quantitative estimate of drug-likeness (QED) is 0.176. The molecule has 2 bridgehead atoms. The third-order valence-electron chi connectivity index (χ3n) is 9.79. The molecule has 3 saturated heterocycles. The summed E-state index contributed by atoms with van der Waals surface area (Å²) in [6.45, 7) is 14.7. The van der Waals surface area contributed by atoms with Gasteiger partial charge in [0.05, 0.1) is 37.7 Å². The van der Waals surface area contributed by atoms with E-state index in [1.54, 1.807) is 12.1 Å². The molecule has 2 unspecified atom stereocenters. The fraction of sp³-hybridized carbons (Fsp3) is 0.579. The lowest BCUT2D eigenvalue weighted by Crippen LogP contribution is -2.54. The number of hydrogen-bond donors (Lipinski definition) is 2. The van der Waals surface area contributed by atoms with Crippen LogP contribution in [0.15, 0.2) is 48.7 Å². The van der Waals surface area contributed by atoms with Crippen molar-refractivity contribution in [3.05, 3.63) is 54.4 Å². The predicted octanol–water partition coefficient (Wildman–Crippen LogP) is 3.61. The number of nitrogens with zero attached hydrogens (tertiary/aromatic N) is 7. The molecule has 0 radical (unpaired) electrons. The molecule has 13 nitrogen and oxygen atoms in total. The monoisotopic (exact) mass is 702 g/mol. The second-order valence-corrected chi connectivity index (χ2v) is 14.8. The molecule has 3 aromatic rings. The second-order valence-electron chi connectivity index (χ2n) is 14.8. The van der Waals surface area contributed by atoms with Gasteiger partial charge in [-0.05, 0) is 76.8 Å². The van der Waals surface area contributed by atoms with Gasteiger partial charge in [-0.1, -0.05) is 12.1 Å². The number of fused-ring (bicyclic) bond motifs is 2. The lowest BCUT2D eigenvalue weighted by molar-refractivity contribution is -0.156. The van der Waals surface area contributed by atoms with Gasteiger partial charge in [0, 0.05) is 87.6 Å². The number of para-hydroxylation sites is 1. The summed E-state index contributed by atoms with van der Waals surface area (Å²) in [5, 5.41) is 18.9. The van der Waals surface area contributed by atoms with Gasteiger partial charge in [0.15, 0.2) is 5.82 Å². The lowest BCUT2D eigenvalue weighted by atomic mass is 10.1. The molecule has 3 fully saturated rings. The number of anilines is 3. The van der Waals surface area contributed by atoms with Crippen LogP contribution < -0.4 is 15.5 Å². The van der Waals surface area contributed by atoms with E-state index in [4.69, 9.17) is 19.9 Å². The van der Waals surface area contributed by atoms with Crippen LogP contribution in [0.25, 0.3) is 11.3 Å². The number of nitrogen functional groups attached to an aromatic ring is 1. The number of hydrogen-bond acceptors (Lipinski definition) is 13. The topological polar surface area (TPSA) is 143 Å². The van der Waals surface area contributed by atoms with Gasteiger partial charge >= 0.3 is 5.97 Å². The minimum Gasteiger partial charge on any atom is -0.507 e. The molecule has 0 aliphatic carbocycles. The van der Waals surface area contributed by atoms with Gasteiger partial charge < -0.3 is 34.9 Å². The number of aryl methyl sites for hydroxylation is 1. The summed E-state index contributed by atoms with van der Waals surface area (Å²) in [4.78, 5) is 26.2. The van der Waals surface area contributed by atoms with Crippen LogP contribution in [-0.4, -0.2) is 133 Å². The van der Waals surface area contributed by atoms with Crippen molar-refractivity contribution in [1.29, 1.82) is 0 Å². The molecule has 3 N–H and O–H groups in total. The molecule has 0 spiro atoms. The Hall–Kier alpha value is -4.04. The summed E-state index contributed by atoms with van der Waals surface area (Å²) in [5.74, 6) is 0.426. The summed E-state index contributed by atoms with van der Waals surface area (Å²) in [6, 6.07) is 14.2. The molecule has 5 heterocycles. The van der Waals surface area contributed by atoms with E-state index in [1.807, 2.05) is 45.2 Å². The van der Waals surface area contributed by atoms with Crippen molar-refractivity contribution >= 4 is 23.2 Å². The maximum atomic E-state index is 12.1. The third kappa shape index (κ3) is 10.1. The van der Waals surface area contributed by atoms with E-state index in [1.165, 1.54) is 5.69 Å². The minimum absolute atomic E-state index is 0.157. The van der Waals surface area contributed by atoms with Crippen LogP contribution in [-0.2, 0) is 25.4 Å². The van der Waals surface area contributed by atoms with Crippen molar-refractivity contribution in [2.75, 3.05) is 94.3 Å². The highest BCUT2D eigenvalue weighted by molar-refractivity contribution is 5.74. The fourth-order valence-corrected chi connectivity index (χ4v) is 7.35. The first-order valence-corrected chi connectivity index (χ1v) is 18.3. The van der Waals surface area contributed by atoms with E-state index in [0.717, 1.165) is 82.9 Å². The molecule has 3 aliphatic heterocycles. The maximum absolute atomic E-state index is 12.1. The van der Waals surface area contributed by atoms with Crippen LogP contribution in [0.1, 0.15) is 45.7 Å². The predicted molar refractivity (Wildman–Crippen MR) is 198 cm³/mol. The van der Waals surface area contributed by atoms with E-state index >= 15 is 0 Å². The number of rotatable bonds is 15. The highest BCUT2D eigenvalue weighted by Crippen LogP contribution is 2.39. The Labute approximate surface area is 301 Å². The summed E-state index contributed by atoms with van der Waals surface area (Å²) < 4.78 is 17.1. The Morgan fingerprint density at radius 2 is 1.63 bits per heavy atom. The van der Waals surface area contributed by atoms with Gasteiger partial charge in [-0.2, -0.15) is 0 Å². The standard InChI is InChI=1S/C38H54N8O5/c1-38(2,3)51-36(48)27-44-16-14-43(15-17-44)18-20-50-22-21-49-19-6-7-28-23-29(12-13-40-28)46-30-10-11-31(46)26-45(25-30)34-24-33(41-42-37(34)39)32-8-4-5-9-35(32)47/h4-5,8-9,12-13,23-24,30-31,47H,6-7,10-11,14-22,25-27H2,1-3H3,(H2,39,42). The van der Waals surface area contributed by atoms with Crippen LogP contribution in [0.4, 0.5) is 17.2 Å². The largest absolute Gasteiger partial charge is 0.507 e. The smallest absolute Gasteiger partial charge is 0.320 e. The Kier molecular flexibility index (Phi) is 12.2. The first kappa shape index (κ1) is 36.7. The lowest BCUT2D eigenvalue weighted by Gasteiger charge is -2.43. The Balaban J connectivity index is 0.875. The fourth-order valence-electron chi connectivity index (χ4n) is 7.35. The average molecular weight is 703 g/mol. The van der Waals surface area contributed by atoms with E-state index in [0.29, 0.717) is 62.1 Å². The molecule has 0 saturated carbocycles. The van der Waals surface area contributed by atoms with Gasteiger partial charge in [-0.15, -0.1) is 10.2 Å². The number of nitrogens with two attached hydrogens (primary N) is 1. The number of aromatic hydroxyl groups is 1. The summed E-state index contributed by atoms with van der Waals surface area (Å²) in [5.41, 5.74) is 10.3. The van der Waals surface area contributed by atoms with Crippen molar-refractivity contribution in [3.63, 3.8) is 0 Å². The number of carbonyl (C=O) groups is 1. The van der Waals surface area contributed by atoms with Gasteiger partial charge in [-0.25, -0.2) is 0 Å². The molecule has 2 atom stereocenters. The number of phenols is 1. The van der Waals surface area contributed by atoms with Crippen molar-refractivity contribution in [3.8, 4) is 17.0 Å². The zero-order valence-electron chi connectivity index (χ0n) is 30.4. The molecule has 276 valence electrons. The maximum Gasteiger partial charge on any atom is 0.320 e. The van der Waals surface area contributed by atoms with Gasteiger partial charge in [0.25, 0.3) is 0 Å². The highest BCUT2D eigenvalue weighted by atomic mass is 16.6. The number of esters is 1. The van der Waals surface area contributed by atoms with Crippen molar-refractivity contribution in [2.45, 2.75) is 64.1 Å². The van der Waals surface area contributed by atoms with Crippen LogP contribution in [0.5, 0.6) is 5.75 Å². The average Bonchev–Trinajstić information content (AvgIpc) is 3.37. The molecular weight excluding hydrogens is 648 g/mol. The van der Waals surface area contributed by atoms with Crippen LogP contribution in [0.3, 0.4) is 0 Å². The summed E-state index contributed by atoms with van der Waals surface area (Å²) in [7, 11) is 0. The van der Waals surface area contributed by atoms with Gasteiger partial charge in [-0.3, -0.25) is 19.6 Å². The first-order valence-electron chi connectivity index (χ1n) is 18.3. The number of piperazine rings is 2. The van der Waals surface area contributed by atoms with E-state index < -0.39 is 5.60 Å². The number of aromatic nitrogens is 3. The number of pyridine rings is 1. The molecule has 13 heteroatoms. The van der Waals surface area contributed by atoms with Crippen molar-refractivity contribution in [1.82, 2.24) is 25.0 Å². The zero-order valence-corrected chi connectivity index (χ0v) is 30.4. The zero-order chi connectivity index (χ0) is 35.8. The summed E-state index contributed by atoms with van der Waals surface area (Å²) >= 11 is 0. The molecule has 1 aromatic carbocycles. The van der Waals surface area contributed by atoms with E-state index in [-0.39, 0.29) is 11.7 Å². The number of phenolic OH excluding ortho intramolecular Hbond substituents is 1. The third-order valence-corrected chi connectivity index (χ3v) is 9.79. The second kappa shape index (κ2) is 17.0. The normalized spacial score (nSPS) is 19.8. The van der Waals surface area contributed by atoms with Crippen LogP contribution >= 0.6 is 0 Å². The molecule has 6 rings (SSSR count). The SMILES string of the molecule is CC(C)(C)OC(=O)CN1CCN(CCOCCOCCCc2cc(N3C4CCC3CN(c3cc(-c5ccccc5O)nnc3N)C4)ccn2)CC1. The van der Waals surface area contributed by atoms with Gasteiger partial charge in [0.2, 0.25) is 0 Å². The Morgan fingerprint density at radius 1 is 0.922 bits per heavy atom. The van der Waals surface area contributed by atoms with E-state index in [2.05, 4.69) is 46.9 Å².